The highest BCUT2D eigenvalue weighted by Crippen LogP contribution is 2.33. The molecule has 1 fully saturated rings. The van der Waals surface area contributed by atoms with Crippen LogP contribution < -0.4 is 10.6 Å². The number of benzene rings is 1. The van der Waals surface area contributed by atoms with E-state index in [0.717, 1.165) is 18.7 Å². The van der Waals surface area contributed by atoms with E-state index in [1.54, 1.807) is 12.1 Å². The van der Waals surface area contributed by atoms with Gasteiger partial charge >= 0.3 is 0 Å². The molecule has 21 heavy (non-hydrogen) atoms. The van der Waals surface area contributed by atoms with Gasteiger partial charge < -0.3 is 10.6 Å². The van der Waals surface area contributed by atoms with E-state index >= 15 is 0 Å². The normalized spacial score (nSPS) is 23.6. The van der Waals surface area contributed by atoms with Crippen molar-refractivity contribution in [1.82, 2.24) is 4.31 Å². The Hall–Kier alpha value is -1.27. The highest BCUT2D eigenvalue weighted by Gasteiger charge is 2.27. The van der Waals surface area contributed by atoms with Gasteiger partial charge in [-0.25, -0.2) is 12.7 Å². The second-order valence-electron chi connectivity index (χ2n) is 6.06. The first-order chi connectivity index (χ1) is 9.75. The van der Waals surface area contributed by atoms with Gasteiger partial charge in [0.25, 0.3) is 0 Å². The quantitative estimate of drug-likeness (QED) is 0.869. The minimum absolute atomic E-state index is 0.242. The molecule has 0 radical (unpaired) electrons. The fraction of sp³-hybridized carbons (Fsp3) is 0.600. The molecule has 1 aromatic rings. The van der Waals surface area contributed by atoms with Crippen LogP contribution in [0.5, 0.6) is 0 Å². The third-order valence-electron chi connectivity index (χ3n) is 4.46. The fourth-order valence-electron chi connectivity index (χ4n) is 2.84. The molecule has 2 unspecified atom stereocenters. The van der Waals surface area contributed by atoms with Crippen molar-refractivity contribution in [2.45, 2.75) is 37.6 Å². The standard InChI is InChI=1S/C15H25N3O2S/c1-11-6-5-9-18(12(11)2)15-8-7-13(10-14(15)16)21(19,20)17(3)4/h7-8,10-12H,5-6,9,16H2,1-4H3. The van der Waals surface area contributed by atoms with Gasteiger partial charge in [-0.1, -0.05) is 6.92 Å². The predicted molar refractivity (Wildman–Crippen MR) is 86.9 cm³/mol. The Kier molecular flexibility index (Phi) is 4.49. The molecule has 0 amide bonds. The minimum Gasteiger partial charge on any atom is -0.397 e. The number of anilines is 2. The van der Waals surface area contributed by atoms with Crippen LogP contribution in [0.3, 0.4) is 0 Å². The lowest BCUT2D eigenvalue weighted by Gasteiger charge is -2.40. The summed E-state index contributed by atoms with van der Waals surface area (Å²) in [6, 6.07) is 5.46. The smallest absolute Gasteiger partial charge is 0.242 e. The van der Waals surface area contributed by atoms with Gasteiger partial charge in [-0.15, -0.1) is 0 Å². The summed E-state index contributed by atoms with van der Waals surface area (Å²) in [6.07, 6.45) is 2.37. The number of hydrogen-bond acceptors (Lipinski definition) is 4. The topological polar surface area (TPSA) is 66.6 Å². The number of nitrogens with zero attached hydrogens (tertiary/aromatic N) is 2. The van der Waals surface area contributed by atoms with E-state index in [1.807, 2.05) is 6.07 Å². The minimum atomic E-state index is -3.44. The summed E-state index contributed by atoms with van der Waals surface area (Å²) in [6.45, 7) is 5.42. The third kappa shape index (κ3) is 3.01. The molecule has 1 aliphatic heterocycles. The van der Waals surface area contributed by atoms with Crippen molar-refractivity contribution >= 4 is 21.4 Å². The molecule has 0 aliphatic carbocycles. The van der Waals surface area contributed by atoms with E-state index in [0.29, 0.717) is 17.6 Å². The van der Waals surface area contributed by atoms with Crippen LogP contribution in [-0.2, 0) is 10.0 Å². The highest BCUT2D eigenvalue weighted by atomic mass is 32.2. The average molecular weight is 311 g/mol. The Bertz CT molecular complexity index is 613. The van der Waals surface area contributed by atoms with Crippen molar-refractivity contribution < 1.29 is 8.42 Å². The Morgan fingerprint density at radius 2 is 1.95 bits per heavy atom. The first-order valence-electron chi connectivity index (χ1n) is 7.34. The number of rotatable bonds is 3. The molecule has 1 saturated heterocycles. The van der Waals surface area contributed by atoms with Gasteiger partial charge in [0, 0.05) is 26.7 Å². The summed E-state index contributed by atoms with van der Waals surface area (Å²) in [5.41, 5.74) is 7.60. The summed E-state index contributed by atoms with van der Waals surface area (Å²) >= 11 is 0. The van der Waals surface area contributed by atoms with Crippen molar-refractivity contribution in [1.29, 1.82) is 0 Å². The number of sulfonamides is 1. The zero-order valence-corrected chi connectivity index (χ0v) is 14.0. The molecule has 6 heteroatoms. The van der Waals surface area contributed by atoms with Gasteiger partial charge in [-0.2, -0.15) is 0 Å². The number of nitrogen functional groups attached to an aromatic ring is 1. The lowest BCUT2D eigenvalue weighted by molar-refractivity contribution is 0.364. The average Bonchev–Trinajstić information content (AvgIpc) is 2.42. The van der Waals surface area contributed by atoms with Gasteiger partial charge in [-0.05, 0) is 43.9 Å². The van der Waals surface area contributed by atoms with Crippen LogP contribution in [0, 0.1) is 5.92 Å². The summed E-state index contributed by atoms with van der Waals surface area (Å²) in [4.78, 5) is 2.53. The van der Waals surface area contributed by atoms with E-state index in [2.05, 4.69) is 18.7 Å². The van der Waals surface area contributed by atoms with Crippen LogP contribution in [-0.4, -0.2) is 39.4 Å². The number of nitrogens with two attached hydrogens (primary N) is 1. The molecule has 0 aromatic heterocycles. The lowest BCUT2D eigenvalue weighted by Crippen LogP contribution is -2.42. The second-order valence-corrected chi connectivity index (χ2v) is 8.21. The SMILES string of the molecule is CC1CCCN(c2ccc(S(=O)(=O)N(C)C)cc2N)C1C. The maximum atomic E-state index is 12.1. The molecule has 2 N–H and O–H groups in total. The van der Waals surface area contributed by atoms with Gasteiger partial charge in [0.15, 0.2) is 0 Å². The van der Waals surface area contributed by atoms with E-state index in [9.17, 15) is 8.42 Å². The van der Waals surface area contributed by atoms with Crippen molar-refractivity contribution in [3.05, 3.63) is 18.2 Å². The Balaban J connectivity index is 2.36. The predicted octanol–water partition coefficient (Wildman–Crippen LogP) is 2.14. The van der Waals surface area contributed by atoms with Crippen molar-refractivity contribution in [2.75, 3.05) is 31.3 Å². The molecule has 0 spiro atoms. The van der Waals surface area contributed by atoms with E-state index < -0.39 is 10.0 Å². The number of piperidine rings is 1. The van der Waals surface area contributed by atoms with Gasteiger partial charge in [0.1, 0.15) is 0 Å². The largest absolute Gasteiger partial charge is 0.397 e. The highest BCUT2D eigenvalue weighted by molar-refractivity contribution is 7.89. The van der Waals surface area contributed by atoms with Crippen LogP contribution in [0.25, 0.3) is 0 Å². The van der Waals surface area contributed by atoms with Crippen LogP contribution in [0.2, 0.25) is 0 Å². The monoisotopic (exact) mass is 311 g/mol. The van der Waals surface area contributed by atoms with Crippen molar-refractivity contribution in [3.63, 3.8) is 0 Å². The molecule has 0 saturated carbocycles. The summed E-state index contributed by atoms with van der Waals surface area (Å²) in [5, 5.41) is 0. The first-order valence-corrected chi connectivity index (χ1v) is 8.78. The maximum Gasteiger partial charge on any atom is 0.242 e. The number of hydrogen-bond donors (Lipinski definition) is 1. The molecule has 2 rings (SSSR count). The zero-order valence-electron chi connectivity index (χ0n) is 13.2. The Morgan fingerprint density at radius 1 is 1.29 bits per heavy atom. The fourth-order valence-corrected chi connectivity index (χ4v) is 3.78. The van der Waals surface area contributed by atoms with E-state index in [1.165, 1.54) is 24.8 Å². The summed E-state index contributed by atoms with van der Waals surface area (Å²) < 4.78 is 25.5. The molecular formula is C15H25N3O2S. The Morgan fingerprint density at radius 3 is 2.52 bits per heavy atom. The van der Waals surface area contributed by atoms with Gasteiger partial charge in [0.05, 0.1) is 16.3 Å². The molecule has 1 aromatic carbocycles. The van der Waals surface area contributed by atoms with Crippen LogP contribution >= 0.6 is 0 Å². The third-order valence-corrected chi connectivity index (χ3v) is 6.27. The maximum absolute atomic E-state index is 12.1. The van der Waals surface area contributed by atoms with E-state index in [4.69, 9.17) is 5.73 Å². The van der Waals surface area contributed by atoms with Gasteiger partial charge in [-0.3, -0.25) is 0 Å². The van der Waals surface area contributed by atoms with Crippen LogP contribution in [0.4, 0.5) is 11.4 Å². The summed E-state index contributed by atoms with van der Waals surface area (Å²) in [5.74, 6) is 0.614. The molecule has 1 heterocycles. The van der Waals surface area contributed by atoms with Gasteiger partial charge in [0.2, 0.25) is 10.0 Å². The molecule has 5 nitrogen and oxygen atoms in total. The first kappa shape index (κ1) is 16.1. The Labute approximate surface area is 127 Å². The molecule has 1 aliphatic rings. The van der Waals surface area contributed by atoms with E-state index in [-0.39, 0.29) is 4.90 Å². The molecule has 2 atom stereocenters. The summed E-state index contributed by atoms with van der Waals surface area (Å²) in [7, 11) is -0.393. The molecular weight excluding hydrogens is 286 g/mol. The van der Waals surface area contributed by atoms with Crippen LogP contribution in [0.15, 0.2) is 23.1 Å². The lowest BCUT2D eigenvalue weighted by atomic mass is 9.91. The zero-order chi connectivity index (χ0) is 15.8. The second kappa shape index (κ2) is 5.85. The molecule has 118 valence electrons. The molecule has 0 bridgehead atoms. The van der Waals surface area contributed by atoms with Crippen molar-refractivity contribution in [2.24, 2.45) is 5.92 Å². The van der Waals surface area contributed by atoms with Crippen molar-refractivity contribution in [3.8, 4) is 0 Å². The van der Waals surface area contributed by atoms with Crippen LogP contribution in [0.1, 0.15) is 26.7 Å².